The predicted molar refractivity (Wildman–Crippen MR) is 52.3 cm³/mol. The second-order valence-corrected chi connectivity index (χ2v) is 3.26. The van der Waals surface area contributed by atoms with Crippen molar-refractivity contribution in [2.75, 3.05) is 7.11 Å². The van der Waals surface area contributed by atoms with Gasteiger partial charge in [-0.15, -0.1) is 0 Å². The van der Waals surface area contributed by atoms with Crippen LogP contribution in [0.25, 0.3) is 0 Å². The largest absolute Gasteiger partial charge is 0.465 e. The lowest BCUT2D eigenvalue weighted by atomic mass is 10.0. The second kappa shape index (κ2) is 3.79. The van der Waals surface area contributed by atoms with E-state index in [1.165, 1.54) is 7.11 Å². The number of rotatable bonds is 1. The predicted octanol–water partition coefficient (Wildman–Crippen LogP) is 2.74. The Bertz CT molecular complexity index is 345. The minimum absolute atomic E-state index is 0.383. The summed E-state index contributed by atoms with van der Waals surface area (Å²) >= 11 is 5.87. The van der Waals surface area contributed by atoms with Gasteiger partial charge in [-0.05, 0) is 31.0 Å². The molecule has 0 fully saturated rings. The first-order valence-electron chi connectivity index (χ1n) is 3.92. The van der Waals surface area contributed by atoms with Crippen LogP contribution in [0.3, 0.4) is 0 Å². The van der Waals surface area contributed by atoms with Crippen LogP contribution in [0.4, 0.5) is 0 Å². The van der Waals surface area contributed by atoms with Crippen LogP contribution in [0.2, 0.25) is 5.02 Å². The molecular weight excluding hydrogens is 188 g/mol. The minimum atomic E-state index is -0.383. The van der Waals surface area contributed by atoms with Crippen LogP contribution >= 0.6 is 11.6 Å². The third-order valence-electron chi connectivity index (χ3n) is 2.07. The zero-order valence-corrected chi connectivity index (χ0v) is 8.61. The lowest BCUT2D eigenvalue weighted by molar-refractivity contribution is 0.0600. The SMILES string of the molecule is COC(=O)c1c(Cl)ccc(C)c1C. The van der Waals surface area contributed by atoms with Gasteiger partial charge in [0.15, 0.2) is 0 Å². The van der Waals surface area contributed by atoms with Gasteiger partial charge in [0.05, 0.1) is 17.7 Å². The van der Waals surface area contributed by atoms with E-state index in [2.05, 4.69) is 4.74 Å². The van der Waals surface area contributed by atoms with Crippen LogP contribution in [0.5, 0.6) is 0 Å². The third kappa shape index (κ3) is 1.83. The fourth-order valence-electron chi connectivity index (χ4n) is 1.14. The van der Waals surface area contributed by atoms with Crippen LogP contribution < -0.4 is 0 Å². The molecule has 0 aliphatic heterocycles. The van der Waals surface area contributed by atoms with Crippen LogP contribution in [0, 0.1) is 13.8 Å². The maximum atomic E-state index is 11.3. The van der Waals surface area contributed by atoms with Gasteiger partial charge in [-0.2, -0.15) is 0 Å². The van der Waals surface area contributed by atoms with Crippen molar-refractivity contribution in [2.24, 2.45) is 0 Å². The summed E-state index contributed by atoms with van der Waals surface area (Å²) in [6.07, 6.45) is 0. The van der Waals surface area contributed by atoms with Crippen molar-refractivity contribution in [1.29, 1.82) is 0 Å². The first-order chi connectivity index (χ1) is 6.07. The summed E-state index contributed by atoms with van der Waals surface area (Å²) in [6, 6.07) is 3.58. The Kier molecular flexibility index (Phi) is 2.94. The van der Waals surface area contributed by atoms with Crippen molar-refractivity contribution in [3.8, 4) is 0 Å². The quantitative estimate of drug-likeness (QED) is 0.649. The summed E-state index contributed by atoms with van der Waals surface area (Å²) in [5.74, 6) is -0.383. The molecular formula is C10H11ClO2. The number of carbonyl (C=O) groups excluding carboxylic acids is 1. The molecule has 0 aliphatic carbocycles. The highest BCUT2D eigenvalue weighted by Gasteiger charge is 2.14. The molecule has 0 saturated carbocycles. The van der Waals surface area contributed by atoms with Crippen molar-refractivity contribution >= 4 is 17.6 Å². The molecule has 0 aliphatic rings. The van der Waals surface area contributed by atoms with Gasteiger partial charge in [0.2, 0.25) is 0 Å². The van der Waals surface area contributed by atoms with E-state index in [1.807, 2.05) is 19.9 Å². The van der Waals surface area contributed by atoms with Gasteiger partial charge < -0.3 is 4.74 Å². The molecule has 0 spiro atoms. The van der Waals surface area contributed by atoms with E-state index in [0.29, 0.717) is 10.6 Å². The van der Waals surface area contributed by atoms with Crippen molar-refractivity contribution in [2.45, 2.75) is 13.8 Å². The number of methoxy groups -OCH3 is 1. The monoisotopic (exact) mass is 198 g/mol. The zero-order valence-electron chi connectivity index (χ0n) is 7.85. The molecule has 0 saturated heterocycles. The number of esters is 1. The number of benzene rings is 1. The van der Waals surface area contributed by atoms with Gasteiger partial charge in [0, 0.05) is 0 Å². The Morgan fingerprint density at radius 1 is 1.38 bits per heavy atom. The van der Waals surface area contributed by atoms with Gasteiger partial charge in [0.25, 0.3) is 0 Å². The highest BCUT2D eigenvalue weighted by molar-refractivity contribution is 6.33. The van der Waals surface area contributed by atoms with Crippen LogP contribution in [0.15, 0.2) is 12.1 Å². The van der Waals surface area contributed by atoms with E-state index in [1.54, 1.807) is 6.07 Å². The molecule has 0 N–H and O–H groups in total. The van der Waals surface area contributed by atoms with Gasteiger partial charge in [0.1, 0.15) is 0 Å². The molecule has 0 atom stereocenters. The summed E-state index contributed by atoms with van der Waals surface area (Å²) in [4.78, 5) is 11.3. The van der Waals surface area contributed by atoms with Crippen molar-refractivity contribution in [3.05, 3.63) is 33.8 Å². The highest BCUT2D eigenvalue weighted by Crippen LogP contribution is 2.23. The molecule has 3 heteroatoms. The number of carbonyl (C=O) groups is 1. The third-order valence-corrected chi connectivity index (χ3v) is 2.39. The van der Waals surface area contributed by atoms with E-state index in [9.17, 15) is 4.79 Å². The molecule has 0 unspecified atom stereocenters. The van der Waals surface area contributed by atoms with E-state index in [4.69, 9.17) is 11.6 Å². The van der Waals surface area contributed by atoms with Crippen molar-refractivity contribution in [1.82, 2.24) is 0 Å². The maximum absolute atomic E-state index is 11.3. The fraction of sp³-hybridized carbons (Fsp3) is 0.300. The Labute approximate surface area is 82.5 Å². The van der Waals surface area contributed by atoms with E-state index in [-0.39, 0.29) is 5.97 Å². The van der Waals surface area contributed by atoms with Crippen LogP contribution in [0.1, 0.15) is 21.5 Å². The van der Waals surface area contributed by atoms with E-state index in [0.717, 1.165) is 11.1 Å². The smallest absolute Gasteiger partial charge is 0.339 e. The molecule has 0 amide bonds. The normalized spacial score (nSPS) is 9.85. The molecule has 1 aromatic rings. The molecule has 13 heavy (non-hydrogen) atoms. The van der Waals surface area contributed by atoms with Gasteiger partial charge in [-0.25, -0.2) is 4.79 Å². The minimum Gasteiger partial charge on any atom is -0.465 e. The second-order valence-electron chi connectivity index (χ2n) is 2.86. The average Bonchev–Trinajstić information content (AvgIpc) is 2.12. The summed E-state index contributed by atoms with van der Waals surface area (Å²) in [5, 5.41) is 0.440. The lowest BCUT2D eigenvalue weighted by Gasteiger charge is -2.08. The Morgan fingerprint density at radius 3 is 2.54 bits per heavy atom. The first kappa shape index (κ1) is 10.1. The Hall–Kier alpha value is -1.02. The Balaban J connectivity index is 3.33. The number of hydrogen-bond donors (Lipinski definition) is 0. The van der Waals surface area contributed by atoms with Crippen molar-refractivity contribution in [3.63, 3.8) is 0 Å². The summed E-state index contributed by atoms with van der Waals surface area (Å²) < 4.78 is 4.63. The number of ether oxygens (including phenoxy) is 1. The maximum Gasteiger partial charge on any atom is 0.339 e. The first-order valence-corrected chi connectivity index (χ1v) is 4.29. The van der Waals surface area contributed by atoms with Crippen molar-refractivity contribution < 1.29 is 9.53 Å². The average molecular weight is 199 g/mol. The summed E-state index contributed by atoms with van der Waals surface area (Å²) in [7, 11) is 1.35. The molecule has 0 heterocycles. The van der Waals surface area contributed by atoms with Crippen LogP contribution in [-0.2, 0) is 4.74 Å². The van der Waals surface area contributed by atoms with Crippen LogP contribution in [-0.4, -0.2) is 13.1 Å². The molecule has 0 aromatic heterocycles. The number of aryl methyl sites for hydroxylation is 1. The summed E-state index contributed by atoms with van der Waals surface area (Å²) in [6.45, 7) is 3.78. The van der Waals surface area contributed by atoms with Gasteiger partial charge in [-0.3, -0.25) is 0 Å². The standard InChI is InChI=1S/C10H11ClO2/c1-6-4-5-8(11)9(7(6)2)10(12)13-3/h4-5H,1-3H3. The van der Waals surface area contributed by atoms with Gasteiger partial charge in [-0.1, -0.05) is 17.7 Å². The molecule has 70 valence electrons. The van der Waals surface area contributed by atoms with E-state index >= 15 is 0 Å². The topological polar surface area (TPSA) is 26.3 Å². The van der Waals surface area contributed by atoms with E-state index < -0.39 is 0 Å². The molecule has 0 radical (unpaired) electrons. The Morgan fingerprint density at radius 2 is 2.00 bits per heavy atom. The molecule has 0 bridgehead atoms. The highest BCUT2D eigenvalue weighted by atomic mass is 35.5. The molecule has 1 aromatic carbocycles. The lowest BCUT2D eigenvalue weighted by Crippen LogP contribution is -2.05. The van der Waals surface area contributed by atoms with Gasteiger partial charge >= 0.3 is 5.97 Å². The number of halogens is 1. The molecule has 2 nitrogen and oxygen atoms in total. The fourth-order valence-corrected chi connectivity index (χ4v) is 1.42. The number of hydrogen-bond acceptors (Lipinski definition) is 2. The zero-order chi connectivity index (χ0) is 10.0. The molecule has 1 rings (SSSR count). The summed E-state index contributed by atoms with van der Waals surface area (Å²) in [5.41, 5.74) is 2.37.